The lowest BCUT2D eigenvalue weighted by Crippen LogP contribution is -2.55. The van der Waals surface area contributed by atoms with E-state index >= 15 is 0 Å². The van der Waals surface area contributed by atoms with E-state index in [9.17, 15) is 23.1 Å². The fraction of sp³-hybridized carbons (Fsp3) is 0.706. The Morgan fingerprint density at radius 3 is 2.46 bits per heavy atom. The Bertz CT molecular complexity index is 582. The summed E-state index contributed by atoms with van der Waals surface area (Å²) in [6.45, 7) is 4.24. The van der Waals surface area contributed by atoms with E-state index < -0.39 is 18.6 Å². The number of hydrogen-bond acceptors (Lipinski definition) is 5. The number of carboxylic acid groups (broad SMARTS) is 1. The molecule has 2 aliphatic rings. The molecular formula is C17H26F3N3O3. The van der Waals surface area contributed by atoms with Gasteiger partial charge in [-0.05, 0) is 25.0 Å². The molecule has 0 radical (unpaired) electrons. The molecule has 1 fully saturated rings. The van der Waals surface area contributed by atoms with Gasteiger partial charge in [0.15, 0.2) is 0 Å². The lowest BCUT2D eigenvalue weighted by molar-refractivity contribution is -0.137. The van der Waals surface area contributed by atoms with Crippen LogP contribution in [0.25, 0.3) is 0 Å². The van der Waals surface area contributed by atoms with E-state index in [0.717, 1.165) is 0 Å². The fourth-order valence-corrected chi connectivity index (χ4v) is 3.42. The number of carbonyl (C=O) groups is 1. The maximum absolute atomic E-state index is 12.6. The SMILES string of the molecule is CC1=CC(N2CCOCC2)N(CCCC(F)(F)F)C(N(C)C)=C1C(=O)O. The number of hydrogen-bond donors (Lipinski definition) is 1. The summed E-state index contributed by atoms with van der Waals surface area (Å²) in [5.74, 6) is -0.639. The van der Waals surface area contributed by atoms with E-state index in [0.29, 0.717) is 37.7 Å². The molecule has 0 saturated carbocycles. The Morgan fingerprint density at radius 1 is 1.35 bits per heavy atom. The Kier molecular flexibility index (Phi) is 6.57. The molecule has 0 aromatic heterocycles. The van der Waals surface area contributed by atoms with Crippen LogP contribution in [0.2, 0.25) is 0 Å². The molecule has 0 aliphatic carbocycles. The van der Waals surface area contributed by atoms with Crippen LogP contribution >= 0.6 is 0 Å². The number of morpholine rings is 1. The molecule has 0 aromatic carbocycles. The molecule has 148 valence electrons. The van der Waals surface area contributed by atoms with Gasteiger partial charge in [0, 0.05) is 40.2 Å². The zero-order valence-corrected chi connectivity index (χ0v) is 15.3. The molecule has 9 heteroatoms. The lowest BCUT2D eigenvalue weighted by Gasteiger charge is -2.46. The van der Waals surface area contributed by atoms with Crippen molar-refractivity contribution in [1.29, 1.82) is 0 Å². The number of alkyl halides is 3. The summed E-state index contributed by atoms with van der Waals surface area (Å²) in [6, 6.07) is 0. The molecule has 26 heavy (non-hydrogen) atoms. The number of carboxylic acids is 1. The Balaban J connectivity index is 2.35. The molecule has 2 aliphatic heterocycles. The van der Waals surface area contributed by atoms with Gasteiger partial charge in [0.05, 0.1) is 13.2 Å². The monoisotopic (exact) mass is 377 g/mol. The zero-order valence-electron chi connectivity index (χ0n) is 15.3. The minimum Gasteiger partial charge on any atom is -0.478 e. The van der Waals surface area contributed by atoms with Crippen LogP contribution < -0.4 is 0 Å². The number of ether oxygens (including phenoxy) is 1. The third kappa shape index (κ3) is 4.91. The van der Waals surface area contributed by atoms with E-state index in [1.165, 1.54) is 0 Å². The van der Waals surface area contributed by atoms with Crippen molar-refractivity contribution in [2.75, 3.05) is 46.9 Å². The van der Waals surface area contributed by atoms with E-state index in [-0.39, 0.29) is 24.7 Å². The van der Waals surface area contributed by atoms with Gasteiger partial charge in [-0.2, -0.15) is 13.2 Å². The quantitative estimate of drug-likeness (QED) is 0.765. The first-order valence-corrected chi connectivity index (χ1v) is 8.60. The van der Waals surface area contributed by atoms with Gasteiger partial charge in [0.2, 0.25) is 0 Å². The van der Waals surface area contributed by atoms with Gasteiger partial charge in [-0.15, -0.1) is 0 Å². The minimum atomic E-state index is -4.23. The van der Waals surface area contributed by atoms with E-state index in [1.54, 1.807) is 30.8 Å². The van der Waals surface area contributed by atoms with Crippen LogP contribution in [0.4, 0.5) is 13.2 Å². The number of rotatable bonds is 6. The lowest BCUT2D eigenvalue weighted by atomic mass is 10.00. The first kappa shape index (κ1) is 20.6. The third-order valence-corrected chi connectivity index (χ3v) is 4.52. The molecule has 1 unspecified atom stereocenters. The summed E-state index contributed by atoms with van der Waals surface area (Å²) in [5, 5.41) is 9.63. The molecular weight excluding hydrogens is 351 g/mol. The highest BCUT2D eigenvalue weighted by atomic mass is 19.4. The fourth-order valence-electron chi connectivity index (χ4n) is 3.42. The van der Waals surface area contributed by atoms with Crippen molar-refractivity contribution in [3.8, 4) is 0 Å². The summed E-state index contributed by atoms with van der Waals surface area (Å²) in [7, 11) is 3.42. The topological polar surface area (TPSA) is 56.2 Å². The summed E-state index contributed by atoms with van der Waals surface area (Å²) in [4.78, 5) is 17.3. The van der Waals surface area contributed by atoms with Gasteiger partial charge in [0.25, 0.3) is 0 Å². The Morgan fingerprint density at radius 2 is 1.96 bits per heavy atom. The van der Waals surface area contributed by atoms with Gasteiger partial charge in [0.1, 0.15) is 17.6 Å². The van der Waals surface area contributed by atoms with Crippen LogP contribution in [0.3, 0.4) is 0 Å². The normalized spacial score (nSPS) is 22.5. The van der Waals surface area contributed by atoms with Crippen molar-refractivity contribution in [3.05, 3.63) is 23.0 Å². The molecule has 0 spiro atoms. The molecule has 1 N–H and O–H groups in total. The standard InChI is InChI=1S/C17H26F3N3O3/c1-12-11-13(22-7-9-26-10-8-22)23(6-4-5-17(18,19)20)15(21(2)3)14(12)16(24)25/h11,13H,4-10H2,1-3H3,(H,24,25). The van der Waals surface area contributed by atoms with E-state index in [2.05, 4.69) is 4.90 Å². The predicted molar refractivity (Wildman–Crippen MR) is 90.3 cm³/mol. The van der Waals surface area contributed by atoms with Crippen molar-refractivity contribution in [2.24, 2.45) is 0 Å². The number of nitrogens with zero attached hydrogens (tertiary/aromatic N) is 3. The maximum Gasteiger partial charge on any atom is 0.389 e. The number of halogens is 3. The second-order valence-electron chi connectivity index (χ2n) is 6.72. The summed E-state index contributed by atoms with van der Waals surface area (Å²) >= 11 is 0. The first-order chi connectivity index (χ1) is 12.1. The summed E-state index contributed by atoms with van der Waals surface area (Å²) < 4.78 is 43.2. The van der Waals surface area contributed by atoms with Crippen molar-refractivity contribution < 1.29 is 27.8 Å². The second kappa shape index (κ2) is 8.30. The van der Waals surface area contributed by atoms with Crippen LogP contribution in [0.15, 0.2) is 23.0 Å². The van der Waals surface area contributed by atoms with Crippen LogP contribution in [0, 0.1) is 0 Å². The van der Waals surface area contributed by atoms with Gasteiger partial charge in [-0.25, -0.2) is 4.79 Å². The molecule has 0 aromatic rings. The average molecular weight is 377 g/mol. The average Bonchev–Trinajstić information content (AvgIpc) is 2.54. The maximum atomic E-state index is 12.6. The van der Waals surface area contributed by atoms with Crippen LogP contribution in [0.1, 0.15) is 19.8 Å². The van der Waals surface area contributed by atoms with Gasteiger partial charge in [-0.1, -0.05) is 0 Å². The van der Waals surface area contributed by atoms with Crippen LogP contribution in [0.5, 0.6) is 0 Å². The highest BCUT2D eigenvalue weighted by Crippen LogP contribution is 2.31. The molecule has 2 rings (SSSR count). The Labute approximate surface area is 151 Å². The molecule has 0 amide bonds. The third-order valence-electron chi connectivity index (χ3n) is 4.52. The van der Waals surface area contributed by atoms with Crippen LogP contribution in [-0.4, -0.2) is 85.1 Å². The predicted octanol–water partition coefficient (Wildman–Crippen LogP) is 2.11. The van der Waals surface area contributed by atoms with Crippen LogP contribution in [-0.2, 0) is 9.53 Å². The van der Waals surface area contributed by atoms with Gasteiger partial charge >= 0.3 is 12.1 Å². The number of aliphatic carboxylic acids is 1. The van der Waals surface area contributed by atoms with Gasteiger partial charge in [-0.3, -0.25) is 4.90 Å². The zero-order chi connectivity index (χ0) is 19.5. The molecule has 1 atom stereocenters. The van der Waals surface area contributed by atoms with E-state index in [1.807, 2.05) is 6.08 Å². The molecule has 6 nitrogen and oxygen atoms in total. The van der Waals surface area contributed by atoms with E-state index in [4.69, 9.17) is 4.74 Å². The van der Waals surface area contributed by atoms with Crippen molar-refractivity contribution in [3.63, 3.8) is 0 Å². The summed E-state index contributed by atoms with van der Waals surface area (Å²) in [5.41, 5.74) is 0.747. The van der Waals surface area contributed by atoms with Crippen molar-refractivity contribution >= 4 is 5.97 Å². The van der Waals surface area contributed by atoms with Crippen molar-refractivity contribution in [2.45, 2.75) is 32.1 Å². The smallest absolute Gasteiger partial charge is 0.389 e. The first-order valence-electron chi connectivity index (χ1n) is 8.60. The van der Waals surface area contributed by atoms with Gasteiger partial charge < -0.3 is 19.6 Å². The summed E-state index contributed by atoms with van der Waals surface area (Å²) in [6.07, 6.45) is -3.68. The molecule has 0 bridgehead atoms. The second-order valence-corrected chi connectivity index (χ2v) is 6.72. The molecule has 2 heterocycles. The highest BCUT2D eigenvalue weighted by molar-refractivity contribution is 5.92. The largest absolute Gasteiger partial charge is 0.478 e. The molecule has 1 saturated heterocycles. The van der Waals surface area contributed by atoms with Crippen molar-refractivity contribution in [1.82, 2.24) is 14.7 Å². The Hall–Kier alpha value is -1.74. The highest BCUT2D eigenvalue weighted by Gasteiger charge is 2.36. The minimum absolute atomic E-state index is 0.0958.